The number of anilines is 2. The number of rotatable bonds is 9. The van der Waals surface area contributed by atoms with Gasteiger partial charge < -0.3 is 30.3 Å². The van der Waals surface area contributed by atoms with Gasteiger partial charge in [0.2, 0.25) is 0 Å². The highest BCUT2D eigenvalue weighted by atomic mass is 32.1. The first-order valence-electron chi connectivity index (χ1n) is 11.5. The Morgan fingerprint density at radius 2 is 1.52 bits per heavy atom. The van der Waals surface area contributed by atoms with Gasteiger partial charge in [-0.05, 0) is 68.0 Å². The molecule has 0 bridgehead atoms. The van der Waals surface area contributed by atoms with E-state index in [0.29, 0.717) is 11.2 Å². The van der Waals surface area contributed by atoms with Gasteiger partial charge >= 0.3 is 0 Å². The lowest BCUT2D eigenvalue weighted by Gasteiger charge is -2.36. The molecule has 6 nitrogen and oxygen atoms in total. The van der Waals surface area contributed by atoms with Crippen molar-refractivity contribution in [2.45, 2.75) is 44.6 Å². The zero-order valence-electron chi connectivity index (χ0n) is 19.4. The standard InChI is InChI=1S/C25H34N4O2S2/c1-30-22-13-6-9-19(17-22)27-24(32)26-15-8-16-29(21-11-4-3-5-12-21)25(33)28-20-10-7-14-23(18-20)31-2/h6-7,9-10,13-14,17-18,21H,3-5,8,11-12,15-16H2,1-2H3,(H,28,33)(H2,26,27,32). The third kappa shape index (κ3) is 8.05. The average Bonchev–Trinajstić information content (AvgIpc) is 2.84. The van der Waals surface area contributed by atoms with Crippen LogP contribution in [0.15, 0.2) is 48.5 Å². The first-order valence-corrected chi connectivity index (χ1v) is 12.3. The van der Waals surface area contributed by atoms with Gasteiger partial charge in [-0.2, -0.15) is 0 Å². The minimum absolute atomic E-state index is 0.478. The van der Waals surface area contributed by atoms with Gasteiger partial charge in [0.1, 0.15) is 11.5 Å². The van der Waals surface area contributed by atoms with E-state index in [1.807, 2.05) is 48.5 Å². The maximum atomic E-state index is 5.83. The summed E-state index contributed by atoms with van der Waals surface area (Å²) in [5, 5.41) is 11.3. The summed E-state index contributed by atoms with van der Waals surface area (Å²) in [4.78, 5) is 2.36. The van der Waals surface area contributed by atoms with Gasteiger partial charge in [0.05, 0.1) is 14.2 Å². The van der Waals surface area contributed by atoms with Gasteiger partial charge in [-0.25, -0.2) is 0 Å². The maximum Gasteiger partial charge on any atom is 0.173 e. The van der Waals surface area contributed by atoms with E-state index in [2.05, 4.69) is 20.9 Å². The summed E-state index contributed by atoms with van der Waals surface area (Å²) in [7, 11) is 3.33. The molecule has 3 rings (SSSR count). The number of thiocarbonyl (C=S) groups is 2. The van der Waals surface area contributed by atoms with Crippen molar-refractivity contribution in [3.8, 4) is 11.5 Å². The molecule has 1 aliphatic rings. The normalized spacial score (nSPS) is 13.6. The number of hydrogen-bond acceptors (Lipinski definition) is 4. The molecule has 1 saturated carbocycles. The molecule has 0 aromatic heterocycles. The van der Waals surface area contributed by atoms with Gasteiger partial charge in [0.15, 0.2) is 10.2 Å². The molecular weight excluding hydrogens is 452 g/mol. The number of ether oxygens (including phenoxy) is 2. The average molecular weight is 487 g/mol. The van der Waals surface area contributed by atoms with Crippen LogP contribution in [0.1, 0.15) is 38.5 Å². The van der Waals surface area contributed by atoms with Gasteiger partial charge in [0, 0.05) is 42.6 Å². The molecule has 0 unspecified atom stereocenters. The second-order valence-corrected chi connectivity index (χ2v) is 8.91. The van der Waals surface area contributed by atoms with Crippen LogP contribution >= 0.6 is 24.4 Å². The fourth-order valence-corrected chi connectivity index (χ4v) is 4.64. The molecular formula is C25H34N4O2S2. The highest BCUT2D eigenvalue weighted by molar-refractivity contribution is 7.80. The zero-order valence-corrected chi connectivity index (χ0v) is 21.1. The predicted molar refractivity (Wildman–Crippen MR) is 145 cm³/mol. The van der Waals surface area contributed by atoms with Gasteiger partial charge in [-0.15, -0.1) is 0 Å². The molecule has 0 spiro atoms. The number of methoxy groups -OCH3 is 2. The summed E-state index contributed by atoms with van der Waals surface area (Å²) in [5.74, 6) is 1.61. The summed E-state index contributed by atoms with van der Waals surface area (Å²) in [6.45, 7) is 1.63. The van der Waals surface area contributed by atoms with Crippen LogP contribution in [0.4, 0.5) is 11.4 Å². The molecule has 0 heterocycles. The van der Waals surface area contributed by atoms with Crippen molar-refractivity contribution < 1.29 is 9.47 Å². The lowest BCUT2D eigenvalue weighted by Crippen LogP contribution is -2.45. The summed E-state index contributed by atoms with van der Waals surface area (Å²) < 4.78 is 10.6. The molecule has 0 saturated heterocycles. The second kappa shape index (κ2) is 13.2. The highest BCUT2D eigenvalue weighted by Gasteiger charge is 2.23. The Hall–Kier alpha value is -2.58. The molecule has 0 amide bonds. The predicted octanol–water partition coefficient (Wildman–Crippen LogP) is 5.41. The third-order valence-corrected chi connectivity index (χ3v) is 6.37. The molecule has 33 heavy (non-hydrogen) atoms. The van der Waals surface area contributed by atoms with Crippen molar-refractivity contribution in [3.05, 3.63) is 48.5 Å². The summed E-state index contributed by atoms with van der Waals surface area (Å²) >= 11 is 11.3. The number of benzene rings is 2. The van der Waals surface area contributed by atoms with E-state index in [-0.39, 0.29) is 0 Å². The monoisotopic (exact) mass is 486 g/mol. The molecule has 1 aliphatic carbocycles. The maximum absolute atomic E-state index is 5.83. The van der Waals surface area contributed by atoms with Crippen molar-refractivity contribution >= 4 is 46.0 Å². The fourth-order valence-electron chi connectivity index (χ4n) is 4.07. The molecule has 0 radical (unpaired) electrons. The van der Waals surface area contributed by atoms with Crippen molar-refractivity contribution in [1.29, 1.82) is 0 Å². The lowest BCUT2D eigenvalue weighted by molar-refractivity contribution is 0.244. The summed E-state index contributed by atoms with van der Waals surface area (Å²) in [6, 6.07) is 16.1. The molecule has 3 N–H and O–H groups in total. The summed E-state index contributed by atoms with van der Waals surface area (Å²) in [6.07, 6.45) is 7.13. The topological polar surface area (TPSA) is 57.8 Å². The van der Waals surface area contributed by atoms with E-state index in [0.717, 1.165) is 47.5 Å². The second-order valence-electron chi connectivity index (χ2n) is 8.11. The molecule has 2 aromatic carbocycles. The molecule has 1 fully saturated rings. The Morgan fingerprint density at radius 1 is 0.909 bits per heavy atom. The van der Waals surface area contributed by atoms with Crippen LogP contribution in [0, 0.1) is 0 Å². The van der Waals surface area contributed by atoms with Crippen LogP contribution in [0.2, 0.25) is 0 Å². The Balaban J connectivity index is 1.51. The van der Waals surface area contributed by atoms with Crippen LogP contribution in [0.3, 0.4) is 0 Å². The molecule has 0 aliphatic heterocycles. The van der Waals surface area contributed by atoms with Crippen LogP contribution in [0.25, 0.3) is 0 Å². The first kappa shape index (κ1) is 25.1. The molecule has 178 valence electrons. The Bertz CT molecular complexity index is 919. The van der Waals surface area contributed by atoms with E-state index in [1.165, 1.54) is 32.1 Å². The fraction of sp³-hybridized carbons (Fsp3) is 0.440. The first-order chi connectivity index (χ1) is 16.1. The smallest absolute Gasteiger partial charge is 0.173 e. The van der Waals surface area contributed by atoms with Crippen LogP contribution < -0.4 is 25.4 Å². The van der Waals surface area contributed by atoms with Gasteiger partial charge in [-0.1, -0.05) is 31.4 Å². The van der Waals surface area contributed by atoms with E-state index in [4.69, 9.17) is 33.9 Å². The SMILES string of the molecule is COc1cccc(NC(=S)NCCCN(C(=S)Nc2cccc(OC)c2)C2CCCCC2)c1. The highest BCUT2D eigenvalue weighted by Crippen LogP contribution is 2.24. The van der Waals surface area contributed by atoms with E-state index < -0.39 is 0 Å². The van der Waals surface area contributed by atoms with E-state index >= 15 is 0 Å². The van der Waals surface area contributed by atoms with E-state index in [9.17, 15) is 0 Å². The molecule has 2 aromatic rings. The Labute approximate surface area is 208 Å². The van der Waals surface area contributed by atoms with Crippen molar-refractivity contribution in [2.75, 3.05) is 37.9 Å². The quantitative estimate of drug-likeness (QED) is 0.321. The van der Waals surface area contributed by atoms with Gasteiger partial charge in [0.25, 0.3) is 0 Å². The van der Waals surface area contributed by atoms with Crippen LogP contribution in [0.5, 0.6) is 11.5 Å². The summed E-state index contributed by atoms with van der Waals surface area (Å²) in [5.41, 5.74) is 1.85. The van der Waals surface area contributed by atoms with Crippen molar-refractivity contribution in [3.63, 3.8) is 0 Å². The Morgan fingerprint density at radius 3 is 2.12 bits per heavy atom. The lowest BCUT2D eigenvalue weighted by atomic mass is 9.94. The van der Waals surface area contributed by atoms with Crippen LogP contribution in [-0.4, -0.2) is 48.5 Å². The third-order valence-electron chi connectivity index (χ3n) is 5.79. The van der Waals surface area contributed by atoms with Crippen molar-refractivity contribution in [2.24, 2.45) is 0 Å². The zero-order chi connectivity index (χ0) is 23.5. The van der Waals surface area contributed by atoms with Gasteiger partial charge in [-0.3, -0.25) is 0 Å². The molecule has 8 heteroatoms. The minimum atomic E-state index is 0.478. The molecule has 0 atom stereocenters. The largest absolute Gasteiger partial charge is 0.497 e. The van der Waals surface area contributed by atoms with Crippen molar-refractivity contribution in [1.82, 2.24) is 10.2 Å². The van der Waals surface area contributed by atoms with E-state index in [1.54, 1.807) is 14.2 Å². The number of nitrogens with zero attached hydrogens (tertiary/aromatic N) is 1. The Kier molecular flexibility index (Phi) is 10.0. The number of nitrogens with one attached hydrogen (secondary N) is 3. The minimum Gasteiger partial charge on any atom is -0.497 e. The number of hydrogen-bond donors (Lipinski definition) is 3. The van der Waals surface area contributed by atoms with Crippen LogP contribution in [-0.2, 0) is 0 Å².